The number of hydrogen-bond donors (Lipinski definition) is 3. The van der Waals surface area contributed by atoms with E-state index in [0.717, 1.165) is 0 Å². The van der Waals surface area contributed by atoms with E-state index in [4.69, 9.17) is 21.7 Å². The molecule has 0 fully saturated rings. The third-order valence-electron chi connectivity index (χ3n) is 2.36. The lowest BCUT2D eigenvalue weighted by Crippen LogP contribution is -2.50. The van der Waals surface area contributed by atoms with Crippen LogP contribution in [0.1, 0.15) is 13.8 Å². The van der Waals surface area contributed by atoms with Crippen molar-refractivity contribution in [3.05, 3.63) is 24.3 Å². The van der Waals surface area contributed by atoms with E-state index >= 15 is 0 Å². The lowest BCUT2D eigenvalue weighted by atomic mass is 10.3. The Labute approximate surface area is 123 Å². The molecule has 0 aliphatic heterocycles. The third kappa shape index (κ3) is 5.31. The lowest BCUT2D eigenvalue weighted by Gasteiger charge is -2.16. The molecule has 0 saturated heterocycles. The molecular formula is C13H19N3O3S. The second-order valence-electron chi connectivity index (χ2n) is 3.91. The number of hydrogen-bond acceptors (Lipinski definition) is 4. The lowest BCUT2D eigenvalue weighted by molar-refractivity contribution is -0.127. The monoisotopic (exact) mass is 297 g/mol. The highest BCUT2D eigenvalue weighted by molar-refractivity contribution is 7.80. The summed E-state index contributed by atoms with van der Waals surface area (Å²) in [6.45, 7) is 4.23. The van der Waals surface area contributed by atoms with Gasteiger partial charge >= 0.3 is 0 Å². The highest BCUT2D eigenvalue weighted by Gasteiger charge is 2.14. The summed E-state index contributed by atoms with van der Waals surface area (Å²) >= 11 is 4.93. The SMILES string of the molecule is CCNC(=S)NNC(=O)[C@@H](C)Oc1cccc(OC)c1. The number of thiocarbonyl (C=S) groups is 1. The first kappa shape index (κ1) is 16.0. The summed E-state index contributed by atoms with van der Waals surface area (Å²) in [6.07, 6.45) is -0.668. The number of rotatable bonds is 5. The van der Waals surface area contributed by atoms with Crippen LogP contribution < -0.4 is 25.6 Å². The van der Waals surface area contributed by atoms with Crippen LogP contribution in [0.5, 0.6) is 11.5 Å². The molecule has 20 heavy (non-hydrogen) atoms. The molecule has 0 aliphatic carbocycles. The van der Waals surface area contributed by atoms with E-state index in [1.807, 2.05) is 6.92 Å². The van der Waals surface area contributed by atoms with E-state index in [1.54, 1.807) is 38.3 Å². The summed E-state index contributed by atoms with van der Waals surface area (Å²) < 4.78 is 10.6. The molecule has 110 valence electrons. The minimum absolute atomic E-state index is 0.326. The first-order valence-electron chi connectivity index (χ1n) is 6.21. The van der Waals surface area contributed by atoms with Crippen molar-refractivity contribution in [2.24, 2.45) is 0 Å². The average Bonchev–Trinajstić information content (AvgIpc) is 2.45. The number of carbonyl (C=O) groups is 1. The van der Waals surface area contributed by atoms with E-state index in [1.165, 1.54) is 0 Å². The summed E-state index contributed by atoms with van der Waals surface area (Å²) in [7, 11) is 1.57. The Morgan fingerprint density at radius 2 is 2.05 bits per heavy atom. The number of amides is 1. The van der Waals surface area contributed by atoms with Crippen LogP contribution in [0, 0.1) is 0 Å². The van der Waals surface area contributed by atoms with Crippen molar-refractivity contribution < 1.29 is 14.3 Å². The van der Waals surface area contributed by atoms with Gasteiger partial charge in [0.1, 0.15) is 11.5 Å². The van der Waals surface area contributed by atoms with Crippen molar-refractivity contribution in [3.8, 4) is 11.5 Å². The molecule has 0 aromatic heterocycles. The molecular weight excluding hydrogens is 278 g/mol. The van der Waals surface area contributed by atoms with Crippen LogP contribution in [0.4, 0.5) is 0 Å². The molecule has 1 atom stereocenters. The number of ether oxygens (including phenoxy) is 2. The van der Waals surface area contributed by atoms with E-state index in [9.17, 15) is 4.79 Å². The van der Waals surface area contributed by atoms with Crippen LogP contribution in [0.15, 0.2) is 24.3 Å². The van der Waals surface area contributed by atoms with Crippen LogP contribution in [0.25, 0.3) is 0 Å². The number of benzene rings is 1. The average molecular weight is 297 g/mol. The van der Waals surface area contributed by atoms with Gasteiger partial charge in [0.05, 0.1) is 7.11 Å². The molecule has 1 rings (SSSR count). The van der Waals surface area contributed by atoms with Crippen molar-refractivity contribution in [2.45, 2.75) is 20.0 Å². The summed E-state index contributed by atoms with van der Waals surface area (Å²) in [5.74, 6) is 0.899. The zero-order valence-electron chi connectivity index (χ0n) is 11.7. The van der Waals surface area contributed by atoms with Crippen LogP contribution in [-0.2, 0) is 4.79 Å². The maximum Gasteiger partial charge on any atom is 0.279 e. The number of methoxy groups -OCH3 is 1. The summed E-state index contributed by atoms with van der Waals surface area (Å²) in [5.41, 5.74) is 5.06. The molecule has 0 aliphatic rings. The van der Waals surface area contributed by atoms with Gasteiger partial charge in [0.2, 0.25) is 0 Å². The maximum absolute atomic E-state index is 11.8. The summed E-state index contributed by atoms with van der Waals surface area (Å²) in [4.78, 5) is 11.8. The quantitative estimate of drug-likeness (QED) is 0.556. The van der Waals surface area contributed by atoms with E-state index < -0.39 is 6.10 Å². The van der Waals surface area contributed by atoms with Crippen LogP contribution in [-0.4, -0.2) is 30.8 Å². The van der Waals surface area contributed by atoms with Gasteiger partial charge in [0, 0.05) is 12.6 Å². The Kier molecular flexibility index (Phi) is 6.58. The molecule has 0 bridgehead atoms. The van der Waals surface area contributed by atoms with Gasteiger partial charge in [-0.3, -0.25) is 15.6 Å². The van der Waals surface area contributed by atoms with E-state index in [0.29, 0.717) is 23.2 Å². The van der Waals surface area contributed by atoms with Gasteiger partial charge in [0.15, 0.2) is 11.2 Å². The smallest absolute Gasteiger partial charge is 0.279 e. The van der Waals surface area contributed by atoms with Gasteiger partial charge in [-0.25, -0.2) is 0 Å². The van der Waals surface area contributed by atoms with Crippen LogP contribution >= 0.6 is 12.2 Å². The first-order valence-corrected chi connectivity index (χ1v) is 6.62. The zero-order valence-corrected chi connectivity index (χ0v) is 12.5. The van der Waals surface area contributed by atoms with Gasteiger partial charge in [-0.15, -0.1) is 0 Å². The second kappa shape index (κ2) is 8.21. The topological polar surface area (TPSA) is 71.6 Å². The summed E-state index contributed by atoms with van der Waals surface area (Å²) in [6, 6.07) is 7.05. The van der Waals surface area contributed by atoms with E-state index in [2.05, 4.69) is 16.2 Å². The minimum Gasteiger partial charge on any atom is -0.497 e. The van der Waals surface area contributed by atoms with Crippen LogP contribution in [0.2, 0.25) is 0 Å². The number of nitrogens with one attached hydrogen (secondary N) is 3. The molecule has 1 aromatic carbocycles. The predicted octanol–water partition coefficient (Wildman–Crippen LogP) is 0.978. The van der Waals surface area contributed by atoms with Gasteiger partial charge in [0.25, 0.3) is 5.91 Å². The van der Waals surface area contributed by atoms with Gasteiger partial charge < -0.3 is 14.8 Å². The highest BCUT2D eigenvalue weighted by atomic mass is 32.1. The van der Waals surface area contributed by atoms with Crippen molar-refractivity contribution in [1.82, 2.24) is 16.2 Å². The van der Waals surface area contributed by atoms with Gasteiger partial charge in [-0.1, -0.05) is 6.07 Å². The minimum atomic E-state index is -0.668. The first-order chi connectivity index (χ1) is 9.56. The highest BCUT2D eigenvalue weighted by Crippen LogP contribution is 2.19. The molecule has 1 aromatic rings. The molecule has 0 saturated carbocycles. The van der Waals surface area contributed by atoms with Gasteiger partial charge in [-0.05, 0) is 38.2 Å². The van der Waals surface area contributed by atoms with E-state index in [-0.39, 0.29) is 5.91 Å². The van der Waals surface area contributed by atoms with Crippen LogP contribution in [0.3, 0.4) is 0 Å². The second-order valence-corrected chi connectivity index (χ2v) is 4.32. The molecule has 6 nitrogen and oxygen atoms in total. The number of hydrazine groups is 1. The Hall–Kier alpha value is -2.02. The molecule has 0 spiro atoms. The molecule has 7 heteroatoms. The Balaban J connectivity index is 2.46. The molecule has 1 amide bonds. The standard InChI is InChI=1S/C13H19N3O3S/c1-4-14-13(20)16-15-12(17)9(2)19-11-7-5-6-10(8-11)18-3/h5-9H,4H2,1-3H3,(H,15,17)(H2,14,16,20)/t9-/m1/s1. The fraction of sp³-hybridized carbons (Fsp3) is 0.385. The van der Waals surface area contributed by atoms with Crippen molar-refractivity contribution in [3.63, 3.8) is 0 Å². The largest absolute Gasteiger partial charge is 0.497 e. The Morgan fingerprint density at radius 1 is 1.35 bits per heavy atom. The normalized spacial score (nSPS) is 11.2. The molecule has 0 unspecified atom stereocenters. The summed E-state index contributed by atoms with van der Waals surface area (Å²) in [5, 5.41) is 3.21. The zero-order chi connectivity index (χ0) is 15.0. The van der Waals surface area contributed by atoms with Crippen molar-refractivity contribution in [1.29, 1.82) is 0 Å². The van der Waals surface area contributed by atoms with Crippen molar-refractivity contribution >= 4 is 23.2 Å². The third-order valence-corrected chi connectivity index (χ3v) is 2.61. The molecule has 0 heterocycles. The fourth-order valence-corrected chi connectivity index (χ4v) is 1.55. The Bertz CT molecular complexity index is 468. The predicted molar refractivity (Wildman–Crippen MR) is 80.6 cm³/mol. The fourth-order valence-electron chi connectivity index (χ4n) is 1.36. The Morgan fingerprint density at radius 3 is 2.70 bits per heavy atom. The molecule has 0 radical (unpaired) electrons. The molecule has 3 N–H and O–H groups in total. The number of carbonyl (C=O) groups excluding carboxylic acids is 1. The maximum atomic E-state index is 11.8. The van der Waals surface area contributed by atoms with Crippen molar-refractivity contribution in [2.75, 3.05) is 13.7 Å². The van der Waals surface area contributed by atoms with Gasteiger partial charge in [-0.2, -0.15) is 0 Å².